The highest BCUT2D eigenvalue weighted by molar-refractivity contribution is 6.07. The van der Waals surface area contributed by atoms with Gasteiger partial charge >= 0.3 is 6.18 Å². The number of H-pyrrole nitrogens is 1. The Hall–Kier alpha value is -4.00. The molecule has 13 heteroatoms. The molecule has 0 radical (unpaired) electrons. The van der Waals surface area contributed by atoms with Gasteiger partial charge in [0.2, 0.25) is 11.5 Å². The summed E-state index contributed by atoms with van der Waals surface area (Å²) in [7, 11) is 1.97. The number of anilines is 3. The third kappa shape index (κ3) is 5.40. The lowest BCUT2D eigenvalue weighted by Crippen LogP contribution is -2.55. The van der Waals surface area contributed by atoms with Gasteiger partial charge in [-0.3, -0.25) is 14.5 Å². The Bertz CT molecular complexity index is 1360. The van der Waals surface area contributed by atoms with Gasteiger partial charge in [0.1, 0.15) is 5.82 Å². The largest absolute Gasteiger partial charge is 0.417 e. The maximum atomic E-state index is 15.3. The van der Waals surface area contributed by atoms with Crippen molar-refractivity contribution in [2.45, 2.75) is 32.1 Å². The summed E-state index contributed by atoms with van der Waals surface area (Å²) in [6, 6.07) is 3.03. The van der Waals surface area contributed by atoms with Gasteiger partial charge in [-0.05, 0) is 33.0 Å². The second-order valence-corrected chi connectivity index (χ2v) is 9.02. The van der Waals surface area contributed by atoms with Crippen molar-refractivity contribution in [1.29, 1.82) is 0 Å². The lowest BCUT2D eigenvalue weighted by molar-refractivity contribution is -0.138. The summed E-state index contributed by atoms with van der Waals surface area (Å²) in [6.07, 6.45) is -1.63. The number of pyridine rings is 1. The number of nitrogen functional groups attached to an aromatic ring is 1. The monoisotopic (exact) mass is 519 g/mol. The van der Waals surface area contributed by atoms with Gasteiger partial charge in [-0.1, -0.05) is 0 Å². The van der Waals surface area contributed by atoms with Crippen LogP contribution in [0.3, 0.4) is 0 Å². The van der Waals surface area contributed by atoms with Crippen molar-refractivity contribution < 1.29 is 22.4 Å². The Kier molecular flexibility index (Phi) is 6.91. The maximum Gasteiger partial charge on any atom is 0.417 e. The Labute approximate surface area is 209 Å². The van der Waals surface area contributed by atoms with Crippen molar-refractivity contribution >= 4 is 23.2 Å². The van der Waals surface area contributed by atoms with Crippen molar-refractivity contribution in [3.63, 3.8) is 0 Å². The van der Waals surface area contributed by atoms with Crippen LogP contribution < -0.4 is 21.5 Å². The van der Waals surface area contributed by atoms with E-state index in [1.807, 2.05) is 25.8 Å². The fourth-order valence-corrected chi connectivity index (χ4v) is 4.31. The predicted molar refractivity (Wildman–Crippen MR) is 131 cm³/mol. The third-order valence-electron chi connectivity index (χ3n) is 6.49. The fourth-order valence-electron chi connectivity index (χ4n) is 4.31. The van der Waals surface area contributed by atoms with Gasteiger partial charge < -0.3 is 20.9 Å². The Morgan fingerprint density at radius 2 is 1.76 bits per heavy atom. The average molecular weight is 520 g/mol. The maximum absolute atomic E-state index is 15.3. The molecule has 3 heterocycles. The van der Waals surface area contributed by atoms with Gasteiger partial charge in [-0.25, -0.2) is 14.4 Å². The van der Waals surface area contributed by atoms with E-state index in [2.05, 4.69) is 25.2 Å². The van der Waals surface area contributed by atoms with Crippen LogP contribution in [0.5, 0.6) is 0 Å². The molecule has 4 rings (SSSR count). The van der Waals surface area contributed by atoms with Crippen LogP contribution in [0.4, 0.5) is 34.9 Å². The smallest absolute Gasteiger partial charge is 0.368 e. The summed E-state index contributed by atoms with van der Waals surface area (Å²) >= 11 is 0. The van der Waals surface area contributed by atoms with Crippen LogP contribution >= 0.6 is 0 Å². The molecule has 1 aliphatic heterocycles. The minimum atomic E-state index is -4.94. The zero-order valence-electron chi connectivity index (χ0n) is 20.2. The molecule has 1 aliphatic rings. The topological polar surface area (TPSA) is 120 Å². The quantitative estimate of drug-likeness (QED) is 0.452. The highest BCUT2D eigenvalue weighted by Crippen LogP contribution is 2.37. The number of nitrogens with one attached hydrogen (secondary N) is 2. The summed E-state index contributed by atoms with van der Waals surface area (Å²) in [5, 5.41) is 2.50. The molecule has 1 fully saturated rings. The summed E-state index contributed by atoms with van der Waals surface area (Å²) in [4.78, 5) is 38.5. The van der Waals surface area contributed by atoms with Gasteiger partial charge in [-0.15, -0.1) is 0 Å². The second kappa shape index (κ2) is 9.81. The first-order valence-corrected chi connectivity index (χ1v) is 11.3. The predicted octanol–water partition coefficient (Wildman–Crippen LogP) is 3.35. The van der Waals surface area contributed by atoms with E-state index in [-0.39, 0.29) is 34.8 Å². The number of halogens is 4. The molecule has 0 spiro atoms. The summed E-state index contributed by atoms with van der Waals surface area (Å²) in [6.45, 7) is 4.96. The molecule has 1 amide bonds. The standard InChI is InChI=1S/C24H25F4N7O2/c1-12-10-35(11-13(2)34(12)3)20-6-18(25)15(14-7-31-23(29)32-8-14)4-19(20)33-22(37)16-9-30-21(36)5-17(16)24(26,27)28/h4-9,12-13H,10-11H2,1-3H3,(H,30,36)(H,33,37)(H2,29,31,32)/t12-,13+. The van der Waals surface area contributed by atoms with Crippen molar-refractivity contribution in [2.75, 3.05) is 36.1 Å². The van der Waals surface area contributed by atoms with E-state index in [0.29, 0.717) is 31.0 Å². The van der Waals surface area contributed by atoms with E-state index in [1.54, 1.807) is 0 Å². The number of nitrogens with two attached hydrogens (primary N) is 1. The highest BCUT2D eigenvalue weighted by Gasteiger charge is 2.36. The Morgan fingerprint density at radius 3 is 2.35 bits per heavy atom. The van der Waals surface area contributed by atoms with Gasteiger partial charge in [0, 0.05) is 61.0 Å². The summed E-state index contributed by atoms with van der Waals surface area (Å²) in [5.74, 6) is -1.78. The number of amides is 1. The van der Waals surface area contributed by atoms with Gasteiger partial charge in [-0.2, -0.15) is 13.2 Å². The lowest BCUT2D eigenvalue weighted by Gasteiger charge is -2.44. The van der Waals surface area contributed by atoms with Crippen LogP contribution in [-0.2, 0) is 6.18 Å². The minimum Gasteiger partial charge on any atom is -0.368 e. The molecule has 196 valence electrons. The molecular weight excluding hydrogens is 494 g/mol. The minimum absolute atomic E-state index is 0.0202. The first kappa shape index (κ1) is 26.1. The van der Waals surface area contributed by atoms with Crippen molar-refractivity contribution in [1.82, 2.24) is 19.9 Å². The van der Waals surface area contributed by atoms with E-state index in [9.17, 15) is 22.8 Å². The molecule has 2 atom stereocenters. The SMILES string of the molecule is C[C@@H]1CN(c2cc(F)c(-c3cnc(N)nc3)cc2NC(=O)c2c[nH]c(=O)cc2C(F)(F)F)C[C@H](C)N1C. The average Bonchev–Trinajstić information content (AvgIpc) is 2.83. The van der Waals surface area contributed by atoms with Gasteiger partial charge in [0.15, 0.2) is 0 Å². The number of hydrogen-bond donors (Lipinski definition) is 3. The molecule has 0 unspecified atom stereocenters. The van der Waals surface area contributed by atoms with Crippen LogP contribution in [0.1, 0.15) is 29.8 Å². The Morgan fingerprint density at radius 1 is 1.14 bits per heavy atom. The van der Waals surface area contributed by atoms with E-state index < -0.39 is 34.6 Å². The van der Waals surface area contributed by atoms with Crippen molar-refractivity contribution in [2.24, 2.45) is 0 Å². The van der Waals surface area contributed by atoms with E-state index >= 15 is 4.39 Å². The van der Waals surface area contributed by atoms with Gasteiger partial charge in [0.05, 0.1) is 22.5 Å². The van der Waals surface area contributed by atoms with E-state index in [0.717, 1.165) is 0 Å². The molecule has 0 saturated carbocycles. The molecule has 3 aromatic rings. The van der Waals surface area contributed by atoms with Crippen LogP contribution in [-0.4, -0.2) is 58.0 Å². The van der Waals surface area contributed by atoms with Crippen LogP contribution in [0, 0.1) is 5.82 Å². The number of carbonyl (C=O) groups is 1. The number of piperazine rings is 1. The first-order chi connectivity index (χ1) is 17.3. The number of likely N-dealkylation sites (N-methyl/N-ethyl adjacent to an activating group) is 1. The molecule has 0 aliphatic carbocycles. The number of alkyl halides is 3. The van der Waals surface area contributed by atoms with Crippen LogP contribution in [0.15, 0.2) is 41.6 Å². The van der Waals surface area contributed by atoms with E-state index in [4.69, 9.17) is 5.73 Å². The normalized spacial score (nSPS) is 18.6. The number of hydrogen-bond acceptors (Lipinski definition) is 7. The van der Waals surface area contributed by atoms with Crippen molar-refractivity contribution in [3.8, 4) is 11.1 Å². The number of rotatable bonds is 4. The molecule has 37 heavy (non-hydrogen) atoms. The van der Waals surface area contributed by atoms with Gasteiger partial charge in [0.25, 0.3) is 5.91 Å². The lowest BCUT2D eigenvalue weighted by atomic mass is 10.0. The molecule has 0 bridgehead atoms. The molecule has 4 N–H and O–H groups in total. The van der Waals surface area contributed by atoms with Crippen LogP contribution in [0.25, 0.3) is 11.1 Å². The highest BCUT2D eigenvalue weighted by atomic mass is 19.4. The number of carbonyl (C=O) groups excluding carboxylic acids is 1. The second-order valence-electron chi connectivity index (χ2n) is 9.02. The van der Waals surface area contributed by atoms with E-state index in [1.165, 1.54) is 24.5 Å². The number of nitrogens with zero attached hydrogens (tertiary/aromatic N) is 4. The molecule has 1 aromatic carbocycles. The summed E-state index contributed by atoms with van der Waals surface area (Å²) in [5.41, 5.74) is 3.02. The molecule has 2 aromatic heterocycles. The Balaban J connectivity index is 1.81. The van der Waals surface area contributed by atoms with Crippen LogP contribution in [0.2, 0.25) is 0 Å². The zero-order valence-corrected chi connectivity index (χ0v) is 20.2. The summed E-state index contributed by atoms with van der Waals surface area (Å²) < 4.78 is 56.1. The van der Waals surface area contributed by atoms with Crippen molar-refractivity contribution in [3.05, 3.63) is 64.1 Å². The number of aromatic nitrogens is 3. The fraction of sp³-hybridized carbons (Fsp3) is 0.333. The molecule has 9 nitrogen and oxygen atoms in total. The molecule has 1 saturated heterocycles. The third-order valence-corrected chi connectivity index (χ3v) is 6.49. The zero-order chi connectivity index (χ0) is 27.1. The number of benzene rings is 1. The molecular formula is C24H25F4N7O2. The number of aromatic amines is 1. The first-order valence-electron chi connectivity index (χ1n) is 11.3.